The van der Waals surface area contributed by atoms with E-state index >= 15 is 0 Å². The molecule has 1 heterocycles. The fourth-order valence-electron chi connectivity index (χ4n) is 4.01. The number of carbonyl (C=O) groups excluding carboxylic acids is 2. The van der Waals surface area contributed by atoms with E-state index in [1.165, 1.54) is 13.8 Å². The minimum absolute atomic E-state index is 0.0390. The van der Waals surface area contributed by atoms with Gasteiger partial charge in [-0.1, -0.05) is 19.4 Å². The van der Waals surface area contributed by atoms with Crippen molar-refractivity contribution in [1.82, 2.24) is 0 Å². The summed E-state index contributed by atoms with van der Waals surface area (Å²) < 4.78 is 17.3. The lowest BCUT2D eigenvalue weighted by Gasteiger charge is -2.26. The van der Waals surface area contributed by atoms with E-state index in [1.807, 2.05) is 6.92 Å². The average molecular weight is 471 g/mol. The lowest BCUT2D eigenvalue weighted by Crippen LogP contribution is -2.31. The van der Waals surface area contributed by atoms with Crippen molar-refractivity contribution in [3.8, 4) is 23.0 Å². The van der Waals surface area contributed by atoms with Gasteiger partial charge in [-0.15, -0.1) is 0 Å². The molecule has 2 aromatic carbocycles. The molecule has 0 aliphatic carbocycles. The van der Waals surface area contributed by atoms with Crippen LogP contribution in [0.25, 0.3) is 0 Å². The first-order chi connectivity index (χ1) is 16.2. The van der Waals surface area contributed by atoms with Crippen molar-refractivity contribution in [2.75, 3.05) is 13.2 Å². The first kappa shape index (κ1) is 25.1. The van der Waals surface area contributed by atoms with Gasteiger partial charge in [0, 0.05) is 12.0 Å². The lowest BCUT2D eigenvalue weighted by atomic mass is 9.97. The van der Waals surface area contributed by atoms with Crippen molar-refractivity contribution >= 4 is 17.5 Å². The SMILES string of the molecule is CCCc1c(OCCCOc2ccc3c(c2C(C)=O)OC(C(=O)O)CC3)ccc(C(C)=O)c1O. The Balaban J connectivity index is 1.65. The van der Waals surface area contributed by atoms with Crippen LogP contribution in [0.5, 0.6) is 23.0 Å². The Labute approximate surface area is 198 Å². The van der Waals surface area contributed by atoms with Crippen molar-refractivity contribution in [2.24, 2.45) is 0 Å². The first-order valence-corrected chi connectivity index (χ1v) is 11.4. The number of aromatic hydroxyl groups is 1. The highest BCUT2D eigenvalue weighted by Gasteiger charge is 2.30. The van der Waals surface area contributed by atoms with E-state index in [-0.39, 0.29) is 40.8 Å². The van der Waals surface area contributed by atoms with Gasteiger partial charge in [-0.2, -0.15) is 0 Å². The molecular formula is C26H30O8. The molecule has 0 spiro atoms. The van der Waals surface area contributed by atoms with Crippen LogP contribution in [-0.2, 0) is 17.6 Å². The zero-order valence-electron chi connectivity index (χ0n) is 19.7. The molecule has 34 heavy (non-hydrogen) atoms. The number of aliphatic carboxylic acids is 1. The molecule has 0 radical (unpaired) electrons. The highest BCUT2D eigenvalue weighted by Crippen LogP contribution is 2.38. The van der Waals surface area contributed by atoms with Crippen LogP contribution in [0.15, 0.2) is 24.3 Å². The maximum Gasteiger partial charge on any atom is 0.344 e. The van der Waals surface area contributed by atoms with Gasteiger partial charge in [-0.25, -0.2) is 4.79 Å². The third-order valence-corrected chi connectivity index (χ3v) is 5.69. The van der Waals surface area contributed by atoms with E-state index < -0.39 is 12.1 Å². The molecule has 8 heteroatoms. The highest BCUT2D eigenvalue weighted by atomic mass is 16.5. The van der Waals surface area contributed by atoms with Gasteiger partial charge < -0.3 is 24.4 Å². The predicted octanol–water partition coefficient (Wildman–Crippen LogP) is 4.38. The predicted molar refractivity (Wildman–Crippen MR) is 125 cm³/mol. The summed E-state index contributed by atoms with van der Waals surface area (Å²) in [6.07, 6.45) is 1.72. The molecule has 0 amide bonds. The number of fused-ring (bicyclic) bond motifs is 1. The number of hydrogen-bond donors (Lipinski definition) is 2. The second kappa shape index (κ2) is 11.0. The van der Waals surface area contributed by atoms with E-state index in [4.69, 9.17) is 14.2 Å². The molecule has 1 unspecified atom stereocenters. The van der Waals surface area contributed by atoms with Crippen LogP contribution in [0.2, 0.25) is 0 Å². The van der Waals surface area contributed by atoms with E-state index in [9.17, 15) is 24.6 Å². The Kier molecular flexibility index (Phi) is 8.15. The van der Waals surface area contributed by atoms with Gasteiger partial charge in [0.1, 0.15) is 28.6 Å². The van der Waals surface area contributed by atoms with E-state index in [0.29, 0.717) is 49.4 Å². The number of benzene rings is 2. The maximum atomic E-state index is 12.3. The number of phenols is 1. The van der Waals surface area contributed by atoms with Crippen LogP contribution in [-0.4, -0.2) is 47.1 Å². The molecule has 3 rings (SSSR count). The number of carboxylic acids is 1. The van der Waals surface area contributed by atoms with Gasteiger partial charge in [0.05, 0.1) is 18.8 Å². The molecular weight excluding hydrogens is 440 g/mol. The first-order valence-electron chi connectivity index (χ1n) is 11.4. The molecule has 1 aliphatic heterocycles. The molecule has 182 valence electrons. The number of aryl methyl sites for hydroxylation is 1. The normalized spacial score (nSPS) is 14.6. The molecule has 1 atom stereocenters. The summed E-state index contributed by atoms with van der Waals surface area (Å²) in [5.41, 5.74) is 1.92. The molecule has 8 nitrogen and oxygen atoms in total. The number of Topliss-reactive ketones (excluding diaryl/α,β-unsaturated/α-hetero) is 2. The van der Waals surface area contributed by atoms with Crippen molar-refractivity contribution in [1.29, 1.82) is 0 Å². The van der Waals surface area contributed by atoms with Crippen molar-refractivity contribution in [3.63, 3.8) is 0 Å². The Bertz CT molecular complexity index is 1090. The smallest absolute Gasteiger partial charge is 0.344 e. The third-order valence-electron chi connectivity index (χ3n) is 5.69. The number of carboxylic acid groups (broad SMARTS) is 1. The largest absolute Gasteiger partial charge is 0.507 e. The Hall–Kier alpha value is -3.55. The van der Waals surface area contributed by atoms with Crippen LogP contribution >= 0.6 is 0 Å². The minimum atomic E-state index is -1.06. The van der Waals surface area contributed by atoms with Gasteiger partial charge >= 0.3 is 5.97 Å². The van der Waals surface area contributed by atoms with Crippen LogP contribution in [0.3, 0.4) is 0 Å². The summed E-state index contributed by atoms with van der Waals surface area (Å²) in [5, 5.41) is 19.7. The van der Waals surface area contributed by atoms with Crippen LogP contribution in [0.1, 0.15) is 71.9 Å². The monoisotopic (exact) mass is 470 g/mol. The summed E-state index contributed by atoms with van der Waals surface area (Å²) in [4.78, 5) is 35.4. The highest BCUT2D eigenvalue weighted by molar-refractivity contribution is 6.00. The molecule has 0 bridgehead atoms. The molecule has 0 aromatic heterocycles. The maximum absolute atomic E-state index is 12.3. The Morgan fingerprint density at radius 3 is 2.32 bits per heavy atom. The molecule has 0 fully saturated rings. The van der Waals surface area contributed by atoms with Crippen LogP contribution in [0.4, 0.5) is 0 Å². The fourth-order valence-corrected chi connectivity index (χ4v) is 4.01. The van der Waals surface area contributed by atoms with Crippen LogP contribution in [0, 0.1) is 0 Å². The van der Waals surface area contributed by atoms with Crippen molar-refractivity contribution < 1.29 is 38.8 Å². The minimum Gasteiger partial charge on any atom is -0.507 e. The fraction of sp³-hybridized carbons (Fsp3) is 0.423. The third kappa shape index (κ3) is 5.50. The lowest BCUT2D eigenvalue weighted by molar-refractivity contribution is -0.145. The average Bonchev–Trinajstić information content (AvgIpc) is 2.79. The van der Waals surface area contributed by atoms with Gasteiger partial charge in [0.2, 0.25) is 0 Å². The standard InChI is InChI=1S/C26H30O8/c1-4-6-19-20(12-9-18(15(2)27)24(19)29)32-13-5-14-33-21-10-7-17-8-11-22(26(30)31)34-25(17)23(21)16(3)28/h7,9-10,12,22,29H,4-6,8,11,13-14H2,1-3H3,(H,30,31). The van der Waals surface area contributed by atoms with E-state index in [0.717, 1.165) is 12.0 Å². The van der Waals surface area contributed by atoms with Gasteiger partial charge in [0.15, 0.2) is 17.7 Å². The molecule has 1 aliphatic rings. The van der Waals surface area contributed by atoms with Crippen LogP contribution < -0.4 is 14.2 Å². The zero-order chi connectivity index (χ0) is 24.8. The zero-order valence-corrected chi connectivity index (χ0v) is 19.7. The van der Waals surface area contributed by atoms with Gasteiger partial charge in [-0.3, -0.25) is 9.59 Å². The van der Waals surface area contributed by atoms with Gasteiger partial charge in [0.25, 0.3) is 0 Å². The number of rotatable bonds is 11. The van der Waals surface area contributed by atoms with Gasteiger partial charge in [-0.05, 0) is 56.9 Å². The second-order valence-corrected chi connectivity index (χ2v) is 8.26. The molecule has 0 saturated carbocycles. The molecule has 2 aromatic rings. The quantitative estimate of drug-likeness (QED) is 0.367. The summed E-state index contributed by atoms with van der Waals surface area (Å²) >= 11 is 0. The summed E-state index contributed by atoms with van der Waals surface area (Å²) in [6.45, 7) is 5.33. The molecule has 2 N–H and O–H groups in total. The number of ketones is 2. The number of carbonyl (C=O) groups is 3. The topological polar surface area (TPSA) is 119 Å². The van der Waals surface area contributed by atoms with E-state index in [2.05, 4.69) is 0 Å². The van der Waals surface area contributed by atoms with E-state index in [1.54, 1.807) is 24.3 Å². The number of hydrogen-bond acceptors (Lipinski definition) is 7. The summed E-state index contributed by atoms with van der Waals surface area (Å²) in [6, 6.07) is 6.75. The second-order valence-electron chi connectivity index (χ2n) is 8.26. The van der Waals surface area contributed by atoms with Crippen molar-refractivity contribution in [2.45, 2.75) is 59.0 Å². The molecule has 0 saturated heterocycles. The summed E-state index contributed by atoms with van der Waals surface area (Å²) in [7, 11) is 0. The number of ether oxygens (including phenoxy) is 3. The van der Waals surface area contributed by atoms with Crippen molar-refractivity contribution in [3.05, 3.63) is 46.5 Å². The number of phenolic OH excluding ortho intramolecular Hbond substituents is 1. The Morgan fingerprint density at radius 2 is 1.71 bits per heavy atom. The Morgan fingerprint density at radius 1 is 1.03 bits per heavy atom. The summed E-state index contributed by atoms with van der Waals surface area (Å²) in [5.74, 6) is -0.427.